The molecule has 0 fully saturated rings. The number of halogens is 1. The highest BCUT2D eigenvalue weighted by Crippen LogP contribution is 2.13. The third kappa shape index (κ3) is 4.17. The predicted molar refractivity (Wildman–Crippen MR) is 65.5 cm³/mol. The van der Waals surface area contributed by atoms with Crippen LogP contribution in [0.1, 0.15) is 0 Å². The van der Waals surface area contributed by atoms with Gasteiger partial charge in [-0.15, -0.1) is 0 Å². The van der Waals surface area contributed by atoms with Crippen LogP contribution in [0.2, 0.25) is 0 Å². The molecule has 8 N–H and O–H groups in total. The zero-order valence-electron chi connectivity index (χ0n) is 8.64. The van der Waals surface area contributed by atoms with E-state index in [1.54, 1.807) is 7.05 Å². The first-order valence-corrected chi connectivity index (χ1v) is 5.04. The number of aliphatic imine (C=N–C) groups is 1. The van der Waals surface area contributed by atoms with Crippen molar-refractivity contribution in [2.24, 2.45) is 22.2 Å². The summed E-state index contributed by atoms with van der Waals surface area (Å²) in [5.41, 5.74) is 16.1. The van der Waals surface area contributed by atoms with Gasteiger partial charge in [0.2, 0.25) is 6.41 Å². The van der Waals surface area contributed by atoms with E-state index >= 15 is 0 Å². The molecule has 1 aliphatic heterocycles. The molecule has 0 aliphatic carbocycles. The Balaban J connectivity index is 0.000000487. The number of nitrogens with zero attached hydrogens (tertiary/aromatic N) is 2. The van der Waals surface area contributed by atoms with Crippen molar-refractivity contribution in [2.75, 3.05) is 7.05 Å². The molecule has 0 spiro atoms. The third-order valence-electron chi connectivity index (χ3n) is 1.41. The highest BCUT2D eigenvalue weighted by atomic mass is 79.9. The third-order valence-corrected chi connectivity index (χ3v) is 2.32. The average molecular weight is 292 g/mol. The van der Waals surface area contributed by atoms with Crippen molar-refractivity contribution in [1.82, 2.24) is 10.2 Å². The number of guanidine groups is 1. The lowest BCUT2D eigenvalue weighted by Gasteiger charge is -2.26. The van der Waals surface area contributed by atoms with Crippen LogP contribution >= 0.6 is 15.9 Å². The van der Waals surface area contributed by atoms with Crippen molar-refractivity contribution < 1.29 is 4.79 Å². The van der Waals surface area contributed by atoms with Gasteiger partial charge in [-0.25, -0.2) is 4.99 Å². The second-order valence-electron chi connectivity index (χ2n) is 2.63. The van der Waals surface area contributed by atoms with Crippen molar-refractivity contribution in [3.63, 3.8) is 0 Å². The van der Waals surface area contributed by atoms with E-state index in [0.29, 0.717) is 6.41 Å². The van der Waals surface area contributed by atoms with Gasteiger partial charge in [-0.2, -0.15) is 0 Å². The summed E-state index contributed by atoms with van der Waals surface area (Å²) in [6, 6.07) is 0. The van der Waals surface area contributed by atoms with E-state index in [1.807, 2.05) is 0 Å². The summed E-state index contributed by atoms with van der Waals surface area (Å²) < 4.78 is 0. The fourth-order valence-corrected chi connectivity index (χ4v) is 1.21. The van der Waals surface area contributed by atoms with E-state index in [1.165, 1.54) is 11.1 Å². The molecule has 1 amide bonds. The molecule has 90 valence electrons. The lowest BCUT2D eigenvalue weighted by Crippen LogP contribution is -2.46. The van der Waals surface area contributed by atoms with Crippen LogP contribution in [-0.4, -0.2) is 35.1 Å². The first-order chi connectivity index (χ1) is 7.43. The van der Waals surface area contributed by atoms with Crippen molar-refractivity contribution in [3.8, 4) is 0 Å². The van der Waals surface area contributed by atoms with Gasteiger partial charge in [0, 0.05) is 7.05 Å². The summed E-state index contributed by atoms with van der Waals surface area (Å²) in [7, 11) is 1.56. The Morgan fingerprint density at radius 1 is 1.75 bits per heavy atom. The smallest absolute Gasteiger partial charge is 0.206 e. The Morgan fingerprint density at radius 2 is 2.25 bits per heavy atom. The van der Waals surface area contributed by atoms with E-state index in [4.69, 9.17) is 27.4 Å². The summed E-state index contributed by atoms with van der Waals surface area (Å²) in [6.45, 7) is 0. The van der Waals surface area contributed by atoms with E-state index in [0.717, 1.165) is 0 Å². The number of carbonyl (C=O) groups excluding carboxylic acids is 1. The van der Waals surface area contributed by atoms with E-state index in [2.05, 4.69) is 26.2 Å². The molecule has 1 heterocycles. The SMILES string of the molecule is CNC=O.N=C(N)N1C=C(N)N=C(N)C1Br. The number of nitrogens with one attached hydrogen (secondary N) is 2. The van der Waals surface area contributed by atoms with Crippen LogP contribution in [0.15, 0.2) is 17.0 Å². The van der Waals surface area contributed by atoms with E-state index < -0.39 is 0 Å². The summed E-state index contributed by atoms with van der Waals surface area (Å²) in [5, 5.41) is 9.41. The molecule has 1 atom stereocenters. The van der Waals surface area contributed by atoms with Crippen molar-refractivity contribution in [3.05, 3.63) is 12.0 Å². The van der Waals surface area contributed by atoms with E-state index in [9.17, 15) is 0 Å². The number of amides is 1. The fraction of sp³-hybridized carbons (Fsp3) is 0.286. The topological polar surface area (TPSA) is 147 Å². The van der Waals surface area contributed by atoms with E-state index in [-0.39, 0.29) is 22.6 Å². The second-order valence-corrected chi connectivity index (χ2v) is 3.49. The van der Waals surface area contributed by atoms with Gasteiger partial charge in [0.15, 0.2) is 5.96 Å². The maximum absolute atomic E-state index is 9.06. The van der Waals surface area contributed by atoms with Crippen LogP contribution in [0.3, 0.4) is 0 Å². The molecule has 16 heavy (non-hydrogen) atoms. The molecule has 0 aromatic rings. The molecule has 0 aromatic heterocycles. The Bertz CT molecular complexity index is 327. The molecular formula is C7H14BrN7O. The van der Waals surface area contributed by atoms with Gasteiger partial charge < -0.3 is 22.5 Å². The van der Waals surface area contributed by atoms with Gasteiger partial charge >= 0.3 is 0 Å². The molecule has 1 aliphatic rings. The molecule has 1 unspecified atom stereocenters. The molecule has 0 aromatic carbocycles. The first-order valence-electron chi connectivity index (χ1n) is 4.12. The predicted octanol–water partition coefficient (Wildman–Crippen LogP) is -1.61. The second kappa shape index (κ2) is 6.67. The highest BCUT2D eigenvalue weighted by Gasteiger charge is 2.22. The Labute approximate surface area is 101 Å². The minimum absolute atomic E-state index is 0.141. The van der Waals surface area contributed by atoms with Crippen LogP contribution in [0.4, 0.5) is 0 Å². The van der Waals surface area contributed by atoms with Crippen LogP contribution in [-0.2, 0) is 4.79 Å². The normalized spacial score (nSPS) is 18.6. The molecule has 0 saturated carbocycles. The molecular weight excluding hydrogens is 278 g/mol. The largest absolute Gasteiger partial charge is 0.385 e. The summed E-state index contributed by atoms with van der Waals surface area (Å²) in [5.74, 6) is 0.376. The molecule has 0 saturated heterocycles. The number of alkyl halides is 1. The number of rotatable bonds is 1. The maximum Gasteiger partial charge on any atom is 0.206 e. The first kappa shape index (κ1) is 14.2. The summed E-state index contributed by atoms with van der Waals surface area (Å²) >= 11 is 3.20. The van der Waals surface area contributed by atoms with Gasteiger partial charge in [-0.1, -0.05) is 15.9 Å². The minimum atomic E-state index is -0.387. The van der Waals surface area contributed by atoms with Gasteiger partial charge in [0.25, 0.3) is 0 Å². The van der Waals surface area contributed by atoms with Gasteiger partial charge in [-0.05, 0) is 0 Å². The maximum atomic E-state index is 9.06. The average Bonchev–Trinajstić information content (AvgIpc) is 2.23. The van der Waals surface area contributed by atoms with Crippen LogP contribution < -0.4 is 22.5 Å². The molecule has 8 nitrogen and oxygen atoms in total. The number of hydrogen-bond acceptors (Lipinski definition) is 5. The van der Waals surface area contributed by atoms with Gasteiger partial charge in [-0.3, -0.25) is 15.1 Å². The number of amidine groups is 1. The van der Waals surface area contributed by atoms with Crippen molar-refractivity contribution in [1.29, 1.82) is 5.41 Å². The Kier molecular flexibility index (Phi) is 5.93. The van der Waals surface area contributed by atoms with Crippen LogP contribution in [0.5, 0.6) is 0 Å². The summed E-state index contributed by atoms with van der Waals surface area (Å²) in [6.07, 6.45) is 2.07. The monoisotopic (exact) mass is 291 g/mol. The quantitative estimate of drug-likeness (QED) is 0.130. The minimum Gasteiger partial charge on any atom is -0.385 e. The fourth-order valence-electron chi connectivity index (χ4n) is 0.773. The lowest BCUT2D eigenvalue weighted by atomic mass is 10.4. The van der Waals surface area contributed by atoms with Gasteiger partial charge in [0.05, 0.1) is 6.20 Å². The zero-order valence-corrected chi connectivity index (χ0v) is 10.2. The highest BCUT2D eigenvalue weighted by molar-refractivity contribution is 9.10. The number of carbonyl (C=O) groups is 1. The number of nitrogens with two attached hydrogens (primary N) is 3. The standard InChI is InChI=1S/C5H9BrN6.C2H5NO/c6-3-4(8)11-2(7)1-12(3)5(9)10;1-3-2-4/h1,3H,7H2,(H2,8,11)(H3,9,10);2H,1H3,(H,3,4). The molecule has 9 heteroatoms. The molecule has 0 bridgehead atoms. The summed E-state index contributed by atoms with van der Waals surface area (Å²) in [4.78, 5) is 13.8. The lowest BCUT2D eigenvalue weighted by molar-refractivity contribution is -0.109. The van der Waals surface area contributed by atoms with Crippen molar-refractivity contribution >= 4 is 34.1 Å². The van der Waals surface area contributed by atoms with Crippen molar-refractivity contribution in [2.45, 2.75) is 4.95 Å². The van der Waals surface area contributed by atoms with Crippen LogP contribution in [0, 0.1) is 5.41 Å². The Hall–Kier alpha value is -1.77. The molecule has 0 radical (unpaired) electrons. The Morgan fingerprint density at radius 3 is 2.62 bits per heavy atom. The van der Waals surface area contributed by atoms with Gasteiger partial charge in [0.1, 0.15) is 16.6 Å². The zero-order chi connectivity index (χ0) is 12.7. The number of hydrogen-bond donors (Lipinski definition) is 5. The van der Waals surface area contributed by atoms with Crippen LogP contribution in [0.25, 0.3) is 0 Å². The molecule has 1 rings (SSSR count).